The first-order valence-corrected chi connectivity index (χ1v) is 7.93. The van der Waals surface area contributed by atoms with Gasteiger partial charge in [0.25, 0.3) is 0 Å². The van der Waals surface area contributed by atoms with Crippen LogP contribution in [0.4, 0.5) is 0 Å². The molecule has 0 spiro atoms. The Morgan fingerprint density at radius 3 is 2.33 bits per heavy atom. The molecule has 3 heteroatoms. The maximum absolute atomic E-state index is 5.88. The van der Waals surface area contributed by atoms with E-state index in [4.69, 9.17) is 10.2 Å². The van der Waals surface area contributed by atoms with Crippen molar-refractivity contribution in [3.8, 4) is 0 Å². The van der Waals surface area contributed by atoms with Gasteiger partial charge in [0.05, 0.1) is 0 Å². The van der Waals surface area contributed by atoms with Gasteiger partial charge in [-0.3, -0.25) is 0 Å². The van der Waals surface area contributed by atoms with E-state index in [2.05, 4.69) is 26.9 Å². The van der Waals surface area contributed by atoms with Crippen molar-refractivity contribution in [1.82, 2.24) is 0 Å². The summed E-state index contributed by atoms with van der Waals surface area (Å²) in [4.78, 5) is 0. The summed E-state index contributed by atoms with van der Waals surface area (Å²) in [5, 5.41) is 0. The summed E-state index contributed by atoms with van der Waals surface area (Å²) in [5.74, 6) is 0.648. The van der Waals surface area contributed by atoms with E-state index in [9.17, 15) is 0 Å². The van der Waals surface area contributed by atoms with Crippen LogP contribution in [0.25, 0.3) is 0 Å². The molecule has 74 valence electrons. The number of rotatable bonds is 6. The molecular weight excluding hydrogens is 166 g/mol. The standard InChI is InChI=1S/C9H23NOSi/c1-9(2)8-11-12(3,4)7-5-6-10/h9H,5-8,10H2,1-4H3. The lowest BCUT2D eigenvalue weighted by atomic mass is 10.2. The van der Waals surface area contributed by atoms with Gasteiger partial charge in [0.15, 0.2) is 8.32 Å². The Hall–Kier alpha value is 0.137. The van der Waals surface area contributed by atoms with Gasteiger partial charge in [-0.15, -0.1) is 0 Å². The van der Waals surface area contributed by atoms with E-state index < -0.39 is 8.32 Å². The molecule has 0 atom stereocenters. The molecule has 0 saturated heterocycles. The van der Waals surface area contributed by atoms with Gasteiger partial charge >= 0.3 is 0 Å². The summed E-state index contributed by atoms with van der Waals surface area (Å²) in [6.07, 6.45) is 1.11. The second-order valence-corrected chi connectivity index (χ2v) is 8.66. The van der Waals surface area contributed by atoms with Crippen molar-refractivity contribution >= 4 is 8.32 Å². The first-order valence-electron chi connectivity index (χ1n) is 4.82. The SMILES string of the molecule is CC(C)CO[Si](C)(C)CCCN. The average Bonchev–Trinajstić information content (AvgIpc) is 1.98. The van der Waals surface area contributed by atoms with Crippen LogP contribution in [0.2, 0.25) is 19.1 Å². The van der Waals surface area contributed by atoms with Crippen LogP contribution in [0.3, 0.4) is 0 Å². The minimum Gasteiger partial charge on any atom is -0.417 e. The van der Waals surface area contributed by atoms with E-state index in [0.29, 0.717) is 5.92 Å². The Labute approximate surface area is 77.6 Å². The Balaban J connectivity index is 3.56. The van der Waals surface area contributed by atoms with Crippen molar-refractivity contribution in [2.24, 2.45) is 11.7 Å². The monoisotopic (exact) mass is 189 g/mol. The highest BCUT2D eigenvalue weighted by Gasteiger charge is 2.21. The lowest BCUT2D eigenvalue weighted by Crippen LogP contribution is -2.32. The largest absolute Gasteiger partial charge is 0.417 e. The fourth-order valence-corrected chi connectivity index (χ4v) is 2.98. The van der Waals surface area contributed by atoms with Crippen molar-refractivity contribution in [2.75, 3.05) is 13.2 Å². The fraction of sp³-hybridized carbons (Fsp3) is 1.00. The van der Waals surface area contributed by atoms with Gasteiger partial charge in [-0.25, -0.2) is 0 Å². The number of hydrogen-bond acceptors (Lipinski definition) is 2. The van der Waals surface area contributed by atoms with Crippen molar-refractivity contribution in [3.05, 3.63) is 0 Å². The van der Waals surface area contributed by atoms with Crippen LogP contribution < -0.4 is 5.73 Å². The van der Waals surface area contributed by atoms with Crippen LogP contribution in [0, 0.1) is 5.92 Å². The molecule has 2 nitrogen and oxygen atoms in total. The summed E-state index contributed by atoms with van der Waals surface area (Å²) >= 11 is 0. The second kappa shape index (κ2) is 5.73. The van der Waals surface area contributed by atoms with E-state index in [1.54, 1.807) is 0 Å². The molecule has 0 amide bonds. The highest BCUT2D eigenvalue weighted by atomic mass is 28.4. The third-order valence-corrected chi connectivity index (χ3v) is 4.30. The molecule has 0 radical (unpaired) electrons. The van der Waals surface area contributed by atoms with E-state index in [1.807, 2.05) is 0 Å². The fourth-order valence-electron chi connectivity index (χ4n) is 0.992. The summed E-state index contributed by atoms with van der Waals surface area (Å²) in [5.41, 5.74) is 5.46. The summed E-state index contributed by atoms with van der Waals surface area (Å²) in [7, 11) is -1.37. The van der Waals surface area contributed by atoms with E-state index in [-0.39, 0.29) is 0 Å². The van der Waals surface area contributed by atoms with Crippen LogP contribution in [-0.4, -0.2) is 21.5 Å². The van der Waals surface area contributed by atoms with Gasteiger partial charge in [0.1, 0.15) is 0 Å². The quantitative estimate of drug-likeness (QED) is 0.650. The molecule has 0 rings (SSSR count). The summed E-state index contributed by atoms with van der Waals surface area (Å²) in [6, 6.07) is 1.19. The van der Waals surface area contributed by atoms with Crippen molar-refractivity contribution in [1.29, 1.82) is 0 Å². The molecule has 0 saturated carbocycles. The maximum Gasteiger partial charge on any atom is 0.186 e. The normalized spacial score (nSPS) is 12.5. The Morgan fingerprint density at radius 1 is 1.33 bits per heavy atom. The summed E-state index contributed by atoms with van der Waals surface area (Å²) in [6.45, 7) is 10.6. The molecule has 0 bridgehead atoms. The van der Waals surface area contributed by atoms with Crippen molar-refractivity contribution in [2.45, 2.75) is 39.4 Å². The zero-order valence-electron chi connectivity index (χ0n) is 8.89. The Morgan fingerprint density at radius 2 is 1.92 bits per heavy atom. The zero-order chi connectivity index (χ0) is 9.61. The predicted octanol–water partition coefficient (Wildman–Crippen LogP) is 2.21. The van der Waals surface area contributed by atoms with Crippen LogP contribution in [0.1, 0.15) is 20.3 Å². The minimum absolute atomic E-state index is 0.648. The zero-order valence-corrected chi connectivity index (χ0v) is 9.89. The van der Waals surface area contributed by atoms with Crippen LogP contribution in [0.15, 0.2) is 0 Å². The molecule has 0 aromatic carbocycles. The van der Waals surface area contributed by atoms with Gasteiger partial charge < -0.3 is 10.2 Å². The maximum atomic E-state index is 5.88. The van der Waals surface area contributed by atoms with Gasteiger partial charge in [-0.1, -0.05) is 13.8 Å². The molecule has 0 aliphatic rings. The topological polar surface area (TPSA) is 35.2 Å². The molecule has 12 heavy (non-hydrogen) atoms. The third-order valence-electron chi connectivity index (χ3n) is 1.79. The van der Waals surface area contributed by atoms with Crippen LogP contribution in [0.5, 0.6) is 0 Å². The highest BCUT2D eigenvalue weighted by Crippen LogP contribution is 2.14. The molecule has 0 fully saturated rings. The number of hydrogen-bond donors (Lipinski definition) is 1. The first-order chi connectivity index (χ1) is 5.48. The molecular formula is C9H23NOSi. The minimum atomic E-state index is -1.37. The highest BCUT2D eigenvalue weighted by molar-refractivity contribution is 6.71. The Bertz CT molecular complexity index is 115. The van der Waals surface area contributed by atoms with Gasteiger partial charge in [0, 0.05) is 6.61 Å². The smallest absolute Gasteiger partial charge is 0.186 e. The first kappa shape index (κ1) is 12.1. The van der Waals surface area contributed by atoms with Crippen molar-refractivity contribution < 1.29 is 4.43 Å². The van der Waals surface area contributed by atoms with E-state index in [0.717, 1.165) is 19.6 Å². The molecule has 0 aliphatic carbocycles. The van der Waals surface area contributed by atoms with Crippen LogP contribution in [-0.2, 0) is 4.43 Å². The molecule has 0 aliphatic heterocycles. The van der Waals surface area contributed by atoms with E-state index in [1.165, 1.54) is 6.04 Å². The molecule has 0 heterocycles. The molecule has 0 aromatic rings. The predicted molar refractivity (Wildman–Crippen MR) is 56.8 cm³/mol. The second-order valence-electron chi connectivity index (χ2n) is 4.36. The molecule has 2 N–H and O–H groups in total. The lowest BCUT2D eigenvalue weighted by Gasteiger charge is -2.23. The molecule has 0 aromatic heterocycles. The summed E-state index contributed by atoms with van der Waals surface area (Å²) < 4.78 is 5.88. The van der Waals surface area contributed by atoms with Gasteiger partial charge in [0.2, 0.25) is 0 Å². The lowest BCUT2D eigenvalue weighted by molar-refractivity contribution is 0.260. The molecule has 0 unspecified atom stereocenters. The van der Waals surface area contributed by atoms with Crippen molar-refractivity contribution in [3.63, 3.8) is 0 Å². The van der Waals surface area contributed by atoms with Crippen LogP contribution >= 0.6 is 0 Å². The Kier molecular flexibility index (Phi) is 5.79. The average molecular weight is 189 g/mol. The van der Waals surface area contributed by atoms with Gasteiger partial charge in [-0.2, -0.15) is 0 Å². The number of nitrogens with two attached hydrogens (primary N) is 1. The van der Waals surface area contributed by atoms with Gasteiger partial charge in [-0.05, 0) is 38.0 Å². The van der Waals surface area contributed by atoms with E-state index >= 15 is 0 Å². The third kappa shape index (κ3) is 6.82.